The topological polar surface area (TPSA) is 91.7 Å². The van der Waals surface area contributed by atoms with Gasteiger partial charge < -0.3 is 19.5 Å². The molecule has 1 saturated carbocycles. The van der Waals surface area contributed by atoms with Crippen molar-refractivity contribution >= 4 is 17.6 Å². The molecule has 0 atom stereocenters. The van der Waals surface area contributed by atoms with Gasteiger partial charge in [-0.25, -0.2) is 14.2 Å². The van der Waals surface area contributed by atoms with E-state index in [0.717, 1.165) is 25.7 Å². The van der Waals surface area contributed by atoms with Gasteiger partial charge in [0.25, 0.3) is 11.7 Å². The highest BCUT2D eigenvalue weighted by atomic mass is 19.1. The normalized spacial score (nSPS) is 15.7. The molecule has 5 rings (SSSR count). The van der Waals surface area contributed by atoms with E-state index in [4.69, 9.17) is 14.2 Å². The first-order valence-corrected chi connectivity index (χ1v) is 10.3. The standard InChI is InChI=1S/C23H20FN3O5/c24-15-3-6-17(7-4-15)27-14-25-12-18(27)22(29)30-13-21(28)26-16-5-8-19-20(11-16)32-23(31-19)9-1-2-10-23/h3-8,11-12,14H,1-2,9-10,13H2,(H,26,28). The molecule has 1 aliphatic heterocycles. The molecule has 0 bridgehead atoms. The minimum absolute atomic E-state index is 0.120. The molecule has 0 radical (unpaired) electrons. The maximum absolute atomic E-state index is 13.2. The van der Waals surface area contributed by atoms with Gasteiger partial charge in [-0.3, -0.25) is 9.36 Å². The van der Waals surface area contributed by atoms with Crippen LogP contribution in [0.2, 0.25) is 0 Å². The summed E-state index contributed by atoms with van der Waals surface area (Å²) < 4.78 is 31.7. The Hall–Kier alpha value is -3.88. The maximum atomic E-state index is 13.2. The average Bonchev–Trinajstić information content (AvgIpc) is 3.52. The quantitative estimate of drug-likeness (QED) is 0.610. The lowest BCUT2D eigenvalue weighted by atomic mass is 10.2. The Morgan fingerprint density at radius 3 is 2.62 bits per heavy atom. The first kappa shape index (κ1) is 20.0. The van der Waals surface area contributed by atoms with Crippen molar-refractivity contribution in [1.29, 1.82) is 0 Å². The molecule has 1 amide bonds. The number of fused-ring (bicyclic) bond motifs is 1. The Kier molecular flexibility index (Phi) is 5.01. The van der Waals surface area contributed by atoms with E-state index in [1.807, 2.05) is 0 Å². The van der Waals surface area contributed by atoms with E-state index in [0.29, 0.717) is 22.9 Å². The third-order valence-electron chi connectivity index (χ3n) is 5.47. The summed E-state index contributed by atoms with van der Waals surface area (Å²) in [5.41, 5.74) is 1.18. The lowest BCUT2D eigenvalue weighted by Crippen LogP contribution is -2.34. The highest BCUT2D eigenvalue weighted by Gasteiger charge is 2.44. The monoisotopic (exact) mass is 437 g/mol. The zero-order chi connectivity index (χ0) is 22.1. The van der Waals surface area contributed by atoms with Gasteiger partial charge in [-0.05, 0) is 49.2 Å². The number of nitrogens with zero attached hydrogens (tertiary/aromatic N) is 2. The number of benzene rings is 2. The fraction of sp³-hybridized carbons (Fsp3) is 0.261. The molecule has 9 heteroatoms. The van der Waals surface area contributed by atoms with Crippen molar-refractivity contribution in [2.24, 2.45) is 0 Å². The predicted molar refractivity (Wildman–Crippen MR) is 111 cm³/mol. The van der Waals surface area contributed by atoms with Crippen LogP contribution in [0.5, 0.6) is 11.5 Å². The third-order valence-corrected chi connectivity index (χ3v) is 5.47. The Balaban J connectivity index is 1.19. The summed E-state index contributed by atoms with van der Waals surface area (Å²) in [6, 6.07) is 10.7. The number of carbonyl (C=O) groups excluding carboxylic acids is 2. The number of ether oxygens (including phenoxy) is 3. The van der Waals surface area contributed by atoms with Gasteiger partial charge >= 0.3 is 5.97 Å². The molecule has 3 aromatic rings. The van der Waals surface area contributed by atoms with Crippen molar-refractivity contribution in [3.63, 3.8) is 0 Å². The second-order valence-electron chi connectivity index (χ2n) is 7.73. The molecule has 8 nitrogen and oxygen atoms in total. The molecule has 1 spiro atoms. The number of carbonyl (C=O) groups is 2. The Labute approximate surface area is 182 Å². The number of anilines is 1. The molecule has 0 unspecified atom stereocenters. The van der Waals surface area contributed by atoms with Crippen molar-refractivity contribution < 1.29 is 28.2 Å². The van der Waals surface area contributed by atoms with Crippen LogP contribution in [0.3, 0.4) is 0 Å². The minimum atomic E-state index is -0.726. The Bertz CT molecular complexity index is 1170. The van der Waals surface area contributed by atoms with Crippen LogP contribution in [-0.4, -0.2) is 33.8 Å². The fourth-order valence-corrected chi connectivity index (χ4v) is 3.94. The summed E-state index contributed by atoms with van der Waals surface area (Å²) in [6.45, 7) is -0.480. The maximum Gasteiger partial charge on any atom is 0.357 e. The molecule has 2 aromatic carbocycles. The van der Waals surface area contributed by atoms with Gasteiger partial charge in [-0.15, -0.1) is 0 Å². The van der Waals surface area contributed by atoms with E-state index < -0.39 is 30.1 Å². The predicted octanol–water partition coefficient (Wildman–Crippen LogP) is 3.85. The van der Waals surface area contributed by atoms with Crippen molar-refractivity contribution in [2.75, 3.05) is 11.9 Å². The molecule has 2 heterocycles. The summed E-state index contributed by atoms with van der Waals surface area (Å²) in [5, 5.41) is 2.69. The second kappa shape index (κ2) is 7.99. The number of imidazole rings is 1. The first-order chi connectivity index (χ1) is 15.5. The first-order valence-electron chi connectivity index (χ1n) is 10.3. The second-order valence-corrected chi connectivity index (χ2v) is 7.73. The van der Waals surface area contributed by atoms with E-state index in [-0.39, 0.29) is 5.69 Å². The highest BCUT2D eigenvalue weighted by Crippen LogP contribution is 2.47. The number of aromatic nitrogens is 2. The Morgan fingerprint density at radius 2 is 1.84 bits per heavy atom. The number of hydrogen-bond acceptors (Lipinski definition) is 6. The van der Waals surface area contributed by atoms with Crippen LogP contribution in [0.15, 0.2) is 55.0 Å². The molecular formula is C23H20FN3O5. The SMILES string of the molecule is O=C(COC(=O)c1cncn1-c1ccc(F)cc1)Nc1ccc2c(c1)OC1(CCCC1)O2. The van der Waals surface area contributed by atoms with Crippen molar-refractivity contribution in [3.8, 4) is 17.2 Å². The van der Waals surface area contributed by atoms with E-state index in [1.54, 1.807) is 18.2 Å². The molecular weight excluding hydrogens is 417 g/mol. The van der Waals surface area contributed by atoms with Gasteiger partial charge in [-0.2, -0.15) is 0 Å². The van der Waals surface area contributed by atoms with E-state index in [9.17, 15) is 14.0 Å². The molecule has 1 fully saturated rings. The molecule has 0 saturated heterocycles. The van der Waals surface area contributed by atoms with Crippen LogP contribution in [0.1, 0.15) is 36.2 Å². The number of hydrogen-bond donors (Lipinski definition) is 1. The van der Waals surface area contributed by atoms with Crippen molar-refractivity contribution in [3.05, 3.63) is 66.5 Å². The van der Waals surface area contributed by atoms with Crippen LogP contribution in [0, 0.1) is 5.82 Å². The summed E-state index contributed by atoms with van der Waals surface area (Å²) in [5.74, 6) is -0.947. The average molecular weight is 437 g/mol. The smallest absolute Gasteiger partial charge is 0.357 e. The van der Waals surface area contributed by atoms with Crippen LogP contribution in [0.4, 0.5) is 10.1 Å². The highest BCUT2D eigenvalue weighted by molar-refractivity contribution is 5.95. The third kappa shape index (κ3) is 3.89. The fourth-order valence-electron chi connectivity index (χ4n) is 3.94. The lowest BCUT2D eigenvalue weighted by molar-refractivity contribution is -0.119. The van der Waals surface area contributed by atoms with Gasteiger partial charge in [0, 0.05) is 30.3 Å². The van der Waals surface area contributed by atoms with Crippen LogP contribution in [0.25, 0.3) is 5.69 Å². The van der Waals surface area contributed by atoms with Gasteiger partial charge in [0.15, 0.2) is 23.8 Å². The minimum Gasteiger partial charge on any atom is -0.451 e. The number of halogens is 1. The van der Waals surface area contributed by atoms with E-state index in [1.165, 1.54) is 41.4 Å². The van der Waals surface area contributed by atoms with Gasteiger partial charge in [0.05, 0.1) is 12.5 Å². The van der Waals surface area contributed by atoms with Crippen molar-refractivity contribution in [2.45, 2.75) is 31.5 Å². The van der Waals surface area contributed by atoms with Gasteiger partial charge in [0.2, 0.25) is 0 Å². The number of amides is 1. The number of esters is 1. The van der Waals surface area contributed by atoms with Crippen molar-refractivity contribution in [1.82, 2.24) is 9.55 Å². The molecule has 1 N–H and O–H groups in total. The molecule has 2 aliphatic rings. The molecule has 32 heavy (non-hydrogen) atoms. The summed E-state index contributed by atoms with van der Waals surface area (Å²) >= 11 is 0. The van der Waals surface area contributed by atoms with Crippen LogP contribution >= 0.6 is 0 Å². The molecule has 164 valence electrons. The van der Waals surface area contributed by atoms with Gasteiger partial charge in [0.1, 0.15) is 5.82 Å². The van der Waals surface area contributed by atoms with Crippen LogP contribution in [-0.2, 0) is 9.53 Å². The van der Waals surface area contributed by atoms with E-state index >= 15 is 0 Å². The zero-order valence-electron chi connectivity index (χ0n) is 17.0. The lowest BCUT2D eigenvalue weighted by Gasteiger charge is -2.21. The number of rotatable bonds is 5. The van der Waals surface area contributed by atoms with Gasteiger partial charge in [-0.1, -0.05) is 0 Å². The Morgan fingerprint density at radius 1 is 1.09 bits per heavy atom. The summed E-state index contributed by atoms with van der Waals surface area (Å²) in [7, 11) is 0. The van der Waals surface area contributed by atoms with Crippen LogP contribution < -0.4 is 14.8 Å². The van der Waals surface area contributed by atoms with E-state index in [2.05, 4.69) is 10.3 Å². The summed E-state index contributed by atoms with van der Waals surface area (Å²) in [6.07, 6.45) is 6.53. The molecule has 1 aromatic heterocycles. The molecule has 1 aliphatic carbocycles. The zero-order valence-corrected chi connectivity index (χ0v) is 17.0. The summed E-state index contributed by atoms with van der Waals surface area (Å²) in [4.78, 5) is 28.7. The largest absolute Gasteiger partial charge is 0.451 e. The number of nitrogens with one attached hydrogen (secondary N) is 1.